The molecule has 3 atom stereocenters. The Morgan fingerprint density at radius 2 is 2.32 bits per heavy atom. The standard InChI is InChI=1S/C14H25N3OS/c1-4-12-7-17-14(19-12)10(3)16-6-11-8-18-9-13(11)15-5-2/h7,10-11,13,15-16H,4-6,8-9H2,1-3H3. The second-order valence-electron chi connectivity index (χ2n) is 5.11. The van der Waals surface area contributed by atoms with Crippen molar-refractivity contribution in [3.63, 3.8) is 0 Å². The van der Waals surface area contributed by atoms with Crippen LogP contribution in [0.1, 0.15) is 36.7 Å². The molecule has 5 heteroatoms. The summed E-state index contributed by atoms with van der Waals surface area (Å²) in [6.07, 6.45) is 3.07. The molecule has 1 aliphatic heterocycles. The van der Waals surface area contributed by atoms with E-state index in [2.05, 4.69) is 36.4 Å². The summed E-state index contributed by atoms with van der Waals surface area (Å²) >= 11 is 1.81. The molecule has 2 rings (SSSR count). The molecular weight excluding hydrogens is 258 g/mol. The highest BCUT2D eigenvalue weighted by Gasteiger charge is 2.27. The van der Waals surface area contributed by atoms with Crippen molar-refractivity contribution in [2.24, 2.45) is 5.92 Å². The summed E-state index contributed by atoms with van der Waals surface area (Å²) in [5.41, 5.74) is 0. The lowest BCUT2D eigenvalue weighted by molar-refractivity contribution is 0.182. The van der Waals surface area contributed by atoms with E-state index >= 15 is 0 Å². The molecule has 1 aliphatic rings. The van der Waals surface area contributed by atoms with Gasteiger partial charge in [-0.1, -0.05) is 13.8 Å². The van der Waals surface area contributed by atoms with Crippen LogP contribution in [-0.4, -0.2) is 37.3 Å². The molecule has 0 saturated carbocycles. The minimum absolute atomic E-state index is 0.327. The molecule has 0 bridgehead atoms. The molecule has 2 heterocycles. The van der Waals surface area contributed by atoms with Gasteiger partial charge in [0.2, 0.25) is 0 Å². The van der Waals surface area contributed by atoms with Gasteiger partial charge in [-0.05, 0) is 19.9 Å². The van der Waals surface area contributed by atoms with Crippen LogP contribution < -0.4 is 10.6 Å². The molecule has 1 aromatic rings. The normalized spacial score (nSPS) is 24.8. The van der Waals surface area contributed by atoms with Gasteiger partial charge in [-0.15, -0.1) is 11.3 Å². The maximum absolute atomic E-state index is 5.57. The average Bonchev–Trinajstić information content (AvgIpc) is 3.05. The van der Waals surface area contributed by atoms with Crippen LogP contribution in [-0.2, 0) is 11.2 Å². The Labute approximate surface area is 120 Å². The first-order valence-electron chi connectivity index (χ1n) is 7.23. The zero-order valence-corrected chi connectivity index (χ0v) is 12.9. The fourth-order valence-corrected chi connectivity index (χ4v) is 3.27. The summed E-state index contributed by atoms with van der Waals surface area (Å²) in [6.45, 7) is 10.2. The Hall–Kier alpha value is -0.490. The van der Waals surface area contributed by atoms with Crippen molar-refractivity contribution >= 4 is 11.3 Å². The first kappa shape index (κ1) is 14.9. The molecule has 1 fully saturated rings. The van der Waals surface area contributed by atoms with Crippen molar-refractivity contribution in [3.05, 3.63) is 16.1 Å². The monoisotopic (exact) mass is 283 g/mol. The van der Waals surface area contributed by atoms with E-state index in [1.54, 1.807) is 0 Å². The van der Waals surface area contributed by atoms with Crippen LogP contribution in [0, 0.1) is 5.92 Å². The van der Waals surface area contributed by atoms with Gasteiger partial charge in [0.15, 0.2) is 0 Å². The number of likely N-dealkylation sites (N-methyl/N-ethyl adjacent to an activating group) is 1. The zero-order chi connectivity index (χ0) is 13.7. The summed E-state index contributed by atoms with van der Waals surface area (Å²) in [4.78, 5) is 5.86. The molecule has 0 radical (unpaired) electrons. The van der Waals surface area contributed by atoms with Gasteiger partial charge in [-0.25, -0.2) is 4.98 Å². The molecule has 0 amide bonds. The number of hydrogen-bond donors (Lipinski definition) is 2. The number of ether oxygens (including phenoxy) is 1. The minimum atomic E-state index is 0.327. The molecular formula is C14H25N3OS. The second-order valence-corrected chi connectivity index (χ2v) is 6.26. The predicted molar refractivity (Wildman–Crippen MR) is 79.7 cm³/mol. The molecule has 3 unspecified atom stereocenters. The van der Waals surface area contributed by atoms with E-state index in [1.807, 2.05) is 17.5 Å². The number of nitrogens with zero attached hydrogens (tertiary/aromatic N) is 1. The molecule has 1 saturated heterocycles. The van der Waals surface area contributed by atoms with E-state index in [1.165, 1.54) is 9.88 Å². The summed E-state index contributed by atoms with van der Waals surface area (Å²) < 4.78 is 5.57. The maximum Gasteiger partial charge on any atom is 0.109 e. The fraction of sp³-hybridized carbons (Fsp3) is 0.786. The number of thiazole rings is 1. The zero-order valence-electron chi connectivity index (χ0n) is 12.1. The number of nitrogens with one attached hydrogen (secondary N) is 2. The van der Waals surface area contributed by atoms with Crippen molar-refractivity contribution in [1.29, 1.82) is 0 Å². The third kappa shape index (κ3) is 3.99. The molecule has 4 nitrogen and oxygen atoms in total. The van der Waals surface area contributed by atoms with Crippen molar-refractivity contribution in [1.82, 2.24) is 15.6 Å². The molecule has 108 valence electrons. The number of aromatic nitrogens is 1. The summed E-state index contributed by atoms with van der Waals surface area (Å²) in [5, 5.41) is 8.28. The smallest absolute Gasteiger partial charge is 0.109 e. The van der Waals surface area contributed by atoms with Crippen LogP contribution in [0.5, 0.6) is 0 Å². The van der Waals surface area contributed by atoms with E-state index in [9.17, 15) is 0 Å². The molecule has 0 aliphatic carbocycles. The number of hydrogen-bond acceptors (Lipinski definition) is 5. The van der Waals surface area contributed by atoms with Crippen molar-refractivity contribution in [2.45, 2.75) is 39.3 Å². The summed E-state index contributed by atoms with van der Waals surface area (Å²) in [6, 6.07) is 0.820. The lowest BCUT2D eigenvalue weighted by atomic mass is 10.0. The van der Waals surface area contributed by atoms with Gasteiger partial charge in [-0.2, -0.15) is 0 Å². The highest BCUT2D eigenvalue weighted by atomic mass is 32.1. The lowest BCUT2D eigenvalue weighted by Crippen LogP contribution is -2.40. The van der Waals surface area contributed by atoms with Gasteiger partial charge in [-0.3, -0.25) is 0 Å². The summed E-state index contributed by atoms with van der Waals surface area (Å²) in [7, 11) is 0. The molecule has 0 spiro atoms. The van der Waals surface area contributed by atoms with Crippen LogP contribution in [0.25, 0.3) is 0 Å². The third-order valence-electron chi connectivity index (χ3n) is 3.64. The minimum Gasteiger partial charge on any atom is -0.379 e. The Kier molecular flexibility index (Phi) is 5.76. The van der Waals surface area contributed by atoms with Gasteiger partial charge in [0.1, 0.15) is 5.01 Å². The Morgan fingerprint density at radius 1 is 1.47 bits per heavy atom. The average molecular weight is 283 g/mol. The van der Waals surface area contributed by atoms with Crippen LogP contribution in [0.3, 0.4) is 0 Å². The van der Waals surface area contributed by atoms with E-state index in [4.69, 9.17) is 4.74 Å². The Bertz CT molecular complexity index is 383. The third-order valence-corrected chi connectivity index (χ3v) is 4.97. The largest absolute Gasteiger partial charge is 0.379 e. The quantitative estimate of drug-likeness (QED) is 0.803. The van der Waals surface area contributed by atoms with Crippen LogP contribution >= 0.6 is 11.3 Å². The Morgan fingerprint density at radius 3 is 3.00 bits per heavy atom. The first-order valence-corrected chi connectivity index (χ1v) is 8.05. The van der Waals surface area contributed by atoms with Gasteiger partial charge in [0.25, 0.3) is 0 Å². The molecule has 19 heavy (non-hydrogen) atoms. The van der Waals surface area contributed by atoms with Crippen molar-refractivity contribution in [2.75, 3.05) is 26.3 Å². The van der Waals surface area contributed by atoms with Crippen LogP contribution in [0.15, 0.2) is 6.20 Å². The van der Waals surface area contributed by atoms with Crippen molar-refractivity contribution in [3.8, 4) is 0 Å². The SMILES string of the molecule is CCNC1COCC1CNC(C)c1ncc(CC)s1. The van der Waals surface area contributed by atoms with E-state index in [0.717, 1.165) is 32.7 Å². The predicted octanol–water partition coefficient (Wildman–Crippen LogP) is 1.98. The van der Waals surface area contributed by atoms with E-state index in [0.29, 0.717) is 18.0 Å². The molecule has 0 aromatic carbocycles. The number of aryl methyl sites for hydroxylation is 1. The maximum atomic E-state index is 5.57. The van der Waals surface area contributed by atoms with Gasteiger partial charge < -0.3 is 15.4 Å². The van der Waals surface area contributed by atoms with E-state index in [-0.39, 0.29) is 0 Å². The number of rotatable bonds is 7. The van der Waals surface area contributed by atoms with Crippen LogP contribution in [0.4, 0.5) is 0 Å². The second kappa shape index (κ2) is 7.33. The van der Waals surface area contributed by atoms with Gasteiger partial charge in [0.05, 0.1) is 19.3 Å². The Balaban J connectivity index is 1.81. The van der Waals surface area contributed by atoms with Crippen molar-refractivity contribution < 1.29 is 4.74 Å². The lowest BCUT2D eigenvalue weighted by Gasteiger charge is -2.20. The highest BCUT2D eigenvalue weighted by Crippen LogP contribution is 2.21. The van der Waals surface area contributed by atoms with Gasteiger partial charge >= 0.3 is 0 Å². The molecule has 1 aromatic heterocycles. The molecule has 2 N–H and O–H groups in total. The first-order chi connectivity index (χ1) is 9.24. The summed E-state index contributed by atoms with van der Waals surface area (Å²) in [5.74, 6) is 0.563. The van der Waals surface area contributed by atoms with Gasteiger partial charge in [0, 0.05) is 29.6 Å². The van der Waals surface area contributed by atoms with E-state index < -0.39 is 0 Å². The van der Waals surface area contributed by atoms with Crippen LogP contribution in [0.2, 0.25) is 0 Å². The fourth-order valence-electron chi connectivity index (χ4n) is 2.39. The topological polar surface area (TPSA) is 46.2 Å². The highest BCUT2D eigenvalue weighted by molar-refractivity contribution is 7.11.